The molecule has 0 saturated carbocycles. The molecule has 0 aromatic heterocycles. The third-order valence-electron chi connectivity index (χ3n) is 3.90. The van der Waals surface area contributed by atoms with Crippen molar-refractivity contribution in [3.63, 3.8) is 0 Å². The molecule has 0 radical (unpaired) electrons. The van der Waals surface area contributed by atoms with E-state index >= 15 is 0 Å². The van der Waals surface area contributed by atoms with E-state index in [1.54, 1.807) is 0 Å². The van der Waals surface area contributed by atoms with Crippen LogP contribution in [-0.2, 0) is 19.3 Å². The Labute approximate surface area is 116 Å². The van der Waals surface area contributed by atoms with Crippen LogP contribution in [0.3, 0.4) is 0 Å². The maximum absolute atomic E-state index is 9.36. The average Bonchev–Trinajstić information content (AvgIpc) is 2.36. The molecule has 3 heteroatoms. The predicted molar refractivity (Wildman–Crippen MR) is 78.3 cm³/mol. The predicted octanol–water partition coefficient (Wildman–Crippen LogP) is 2.63. The van der Waals surface area contributed by atoms with Crippen LogP contribution in [0.25, 0.3) is 0 Å². The smallest absolute Gasteiger partial charge is 0.0614 e. The minimum Gasteiger partial charge on any atom is -0.394 e. The lowest BCUT2D eigenvalue weighted by atomic mass is 9.77. The Bertz CT molecular complexity index is 394. The molecule has 2 rings (SSSR count). The number of halogens is 1. The first-order valence-electron chi connectivity index (χ1n) is 6.68. The quantitative estimate of drug-likeness (QED) is 0.883. The van der Waals surface area contributed by atoms with Crippen molar-refractivity contribution in [2.24, 2.45) is 5.73 Å². The fourth-order valence-electron chi connectivity index (χ4n) is 2.75. The van der Waals surface area contributed by atoms with Crippen molar-refractivity contribution < 1.29 is 5.11 Å². The van der Waals surface area contributed by atoms with E-state index in [4.69, 9.17) is 5.73 Å². The number of fused-ring (bicyclic) bond motifs is 1. The third-order valence-corrected chi connectivity index (χ3v) is 3.90. The first-order valence-corrected chi connectivity index (χ1v) is 6.68. The molecule has 1 aliphatic carbocycles. The average molecular weight is 270 g/mol. The van der Waals surface area contributed by atoms with Gasteiger partial charge in [-0.05, 0) is 48.8 Å². The van der Waals surface area contributed by atoms with Crippen LogP contribution >= 0.6 is 12.4 Å². The van der Waals surface area contributed by atoms with E-state index in [0.717, 1.165) is 19.3 Å². The van der Waals surface area contributed by atoms with Crippen molar-refractivity contribution in [1.29, 1.82) is 0 Å². The van der Waals surface area contributed by atoms with E-state index in [0.29, 0.717) is 0 Å². The van der Waals surface area contributed by atoms with Crippen molar-refractivity contribution >= 4 is 12.4 Å². The van der Waals surface area contributed by atoms with Gasteiger partial charge in [0.05, 0.1) is 6.61 Å². The van der Waals surface area contributed by atoms with E-state index in [9.17, 15) is 5.11 Å². The van der Waals surface area contributed by atoms with Gasteiger partial charge in [0.25, 0.3) is 0 Å². The number of hydrogen-bond donors (Lipinski definition) is 2. The Morgan fingerprint density at radius 1 is 1.39 bits per heavy atom. The van der Waals surface area contributed by atoms with Gasteiger partial charge >= 0.3 is 0 Å². The second-order valence-corrected chi connectivity index (χ2v) is 5.36. The Hall–Kier alpha value is -0.570. The molecule has 1 aliphatic rings. The largest absolute Gasteiger partial charge is 0.394 e. The number of benzene rings is 1. The van der Waals surface area contributed by atoms with Crippen LogP contribution in [0.1, 0.15) is 42.9 Å². The van der Waals surface area contributed by atoms with Gasteiger partial charge < -0.3 is 10.8 Å². The highest BCUT2D eigenvalue weighted by molar-refractivity contribution is 5.85. The number of aliphatic hydroxyl groups is 1. The van der Waals surface area contributed by atoms with Crippen molar-refractivity contribution in [3.8, 4) is 0 Å². The lowest BCUT2D eigenvalue weighted by Gasteiger charge is -2.34. The molecule has 0 spiro atoms. The molecule has 0 fully saturated rings. The summed E-state index contributed by atoms with van der Waals surface area (Å²) in [6.07, 6.45) is 6.41. The minimum atomic E-state index is -0.392. The van der Waals surface area contributed by atoms with Gasteiger partial charge in [-0.3, -0.25) is 0 Å². The van der Waals surface area contributed by atoms with E-state index in [1.807, 2.05) is 0 Å². The summed E-state index contributed by atoms with van der Waals surface area (Å²) in [7, 11) is 0. The summed E-state index contributed by atoms with van der Waals surface area (Å²) in [4.78, 5) is 0. The topological polar surface area (TPSA) is 46.2 Å². The summed E-state index contributed by atoms with van der Waals surface area (Å²) in [6, 6.07) is 6.55. The molecular formula is C15H24ClNO. The Morgan fingerprint density at radius 3 is 2.83 bits per heavy atom. The zero-order valence-corrected chi connectivity index (χ0v) is 11.9. The number of nitrogens with two attached hydrogens (primary N) is 1. The molecule has 0 bridgehead atoms. The van der Waals surface area contributed by atoms with E-state index in [2.05, 4.69) is 25.1 Å². The molecule has 1 aromatic rings. The van der Waals surface area contributed by atoms with E-state index < -0.39 is 5.54 Å². The van der Waals surface area contributed by atoms with Crippen molar-refractivity contribution in [2.45, 2.75) is 51.0 Å². The van der Waals surface area contributed by atoms with Gasteiger partial charge in [0.15, 0.2) is 0 Å². The monoisotopic (exact) mass is 269 g/mol. The van der Waals surface area contributed by atoms with Crippen LogP contribution < -0.4 is 5.73 Å². The Morgan fingerprint density at radius 2 is 2.17 bits per heavy atom. The molecular weight excluding hydrogens is 246 g/mol. The highest BCUT2D eigenvalue weighted by atomic mass is 35.5. The Kier molecular flexibility index (Phi) is 5.64. The van der Waals surface area contributed by atoms with Gasteiger partial charge in [-0.25, -0.2) is 0 Å². The van der Waals surface area contributed by atoms with Crippen LogP contribution in [0.2, 0.25) is 0 Å². The maximum Gasteiger partial charge on any atom is 0.0614 e. The molecule has 1 unspecified atom stereocenters. The summed E-state index contributed by atoms with van der Waals surface area (Å²) in [5.41, 5.74) is 10.1. The SMILES string of the molecule is CCCCc1cccc2c1CCC(N)(CO)C2.Cl. The molecule has 3 N–H and O–H groups in total. The number of hydrogen-bond acceptors (Lipinski definition) is 2. The van der Waals surface area contributed by atoms with Crippen LogP contribution in [0.15, 0.2) is 18.2 Å². The van der Waals surface area contributed by atoms with Crippen molar-refractivity contribution in [1.82, 2.24) is 0 Å². The standard InChI is InChI=1S/C15H23NO.ClH/c1-2-3-5-12-6-4-7-13-10-15(16,11-17)9-8-14(12)13;/h4,6-7,17H,2-3,5,8-11,16H2,1H3;1H. The summed E-state index contributed by atoms with van der Waals surface area (Å²) in [5, 5.41) is 9.36. The van der Waals surface area contributed by atoms with E-state index in [1.165, 1.54) is 36.0 Å². The van der Waals surface area contributed by atoms with Gasteiger partial charge in [0.2, 0.25) is 0 Å². The fraction of sp³-hybridized carbons (Fsp3) is 0.600. The summed E-state index contributed by atoms with van der Waals surface area (Å²) in [6.45, 7) is 2.32. The number of aliphatic hydroxyl groups excluding tert-OH is 1. The van der Waals surface area contributed by atoms with Gasteiger partial charge in [0.1, 0.15) is 0 Å². The minimum absolute atomic E-state index is 0. The first-order chi connectivity index (χ1) is 8.18. The fourth-order valence-corrected chi connectivity index (χ4v) is 2.75. The second-order valence-electron chi connectivity index (χ2n) is 5.36. The molecule has 1 atom stereocenters. The van der Waals surface area contributed by atoms with E-state index in [-0.39, 0.29) is 19.0 Å². The lowest BCUT2D eigenvalue weighted by molar-refractivity contribution is 0.181. The lowest BCUT2D eigenvalue weighted by Crippen LogP contribution is -2.48. The number of aryl methyl sites for hydroxylation is 1. The molecule has 1 aromatic carbocycles. The Balaban J connectivity index is 0.00000162. The van der Waals surface area contributed by atoms with Crippen molar-refractivity contribution in [3.05, 3.63) is 34.9 Å². The molecule has 0 amide bonds. The zero-order valence-electron chi connectivity index (χ0n) is 11.1. The first kappa shape index (κ1) is 15.5. The van der Waals surface area contributed by atoms with Gasteiger partial charge in [-0.15, -0.1) is 12.4 Å². The number of rotatable bonds is 4. The molecule has 2 nitrogen and oxygen atoms in total. The van der Waals surface area contributed by atoms with Gasteiger partial charge in [-0.2, -0.15) is 0 Å². The zero-order chi connectivity index (χ0) is 12.3. The summed E-state index contributed by atoms with van der Waals surface area (Å²) < 4.78 is 0. The van der Waals surface area contributed by atoms with Crippen LogP contribution in [0, 0.1) is 0 Å². The third kappa shape index (κ3) is 3.25. The van der Waals surface area contributed by atoms with Gasteiger partial charge in [0, 0.05) is 5.54 Å². The summed E-state index contributed by atoms with van der Waals surface area (Å²) in [5.74, 6) is 0. The normalized spacial score (nSPS) is 22.2. The molecule has 0 heterocycles. The van der Waals surface area contributed by atoms with Crippen LogP contribution in [-0.4, -0.2) is 17.3 Å². The second kappa shape index (κ2) is 6.55. The van der Waals surface area contributed by atoms with Crippen LogP contribution in [0.4, 0.5) is 0 Å². The summed E-state index contributed by atoms with van der Waals surface area (Å²) >= 11 is 0. The maximum atomic E-state index is 9.36. The molecule has 102 valence electrons. The highest BCUT2D eigenvalue weighted by Crippen LogP contribution is 2.29. The molecule has 0 aliphatic heterocycles. The molecule has 18 heavy (non-hydrogen) atoms. The van der Waals surface area contributed by atoms with Gasteiger partial charge in [-0.1, -0.05) is 31.5 Å². The van der Waals surface area contributed by atoms with Crippen molar-refractivity contribution in [2.75, 3.05) is 6.61 Å². The van der Waals surface area contributed by atoms with Crippen LogP contribution in [0.5, 0.6) is 0 Å². The number of unbranched alkanes of at least 4 members (excludes halogenated alkanes) is 1. The highest BCUT2D eigenvalue weighted by Gasteiger charge is 2.30. The molecule has 0 saturated heterocycles.